The Morgan fingerprint density at radius 3 is 1.31 bits per heavy atom. The highest BCUT2D eigenvalue weighted by Gasteiger charge is 2.45. The highest BCUT2D eigenvalue weighted by atomic mass is 32.2. The second-order valence-corrected chi connectivity index (χ2v) is 8.86. The first-order valence-corrected chi connectivity index (χ1v) is 12.1. The number of nitrogens with zero attached hydrogens (tertiary/aromatic N) is 1. The van der Waals surface area contributed by atoms with Gasteiger partial charge in [-0.25, -0.2) is 39.2 Å². The van der Waals surface area contributed by atoms with Crippen molar-refractivity contribution in [3.63, 3.8) is 0 Å². The number of quaternary nitrogens is 1. The third-order valence-corrected chi connectivity index (χ3v) is 6.29. The summed E-state index contributed by atoms with van der Waals surface area (Å²) in [6, 6.07) is 0. The molecule has 0 amide bonds. The molecule has 7 unspecified atom stereocenters. The van der Waals surface area contributed by atoms with Crippen molar-refractivity contribution in [1.82, 2.24) is 0 Å². The van der Waals surface area contributed by atoms with Crippen LogP contribution in [0.4, 0.5) is 35.1 Å². The zero-order valence-electron chi connectivity index (χ0n) is 18.8. The van der Waals surface area contributed by atoms with Crippen molar-refractivity contribution < 1.29 is 52.6 Å². The molecule has 7 atom stereocenters. The van der Waals surface area contributed by atoms with Crippen molar-refractivity contribution in [2.75, 3.05) is 38.6 Å². The van der Waals surface area contributed by atoms with Gasteiger partial charge in [-0.1, -0.05) is 0 Å². The Labute approximate surface area is 185 Å². The van der Waals surface area contributed by atoms with Gasteiger partial charge in [0.05, 0.1) is 48.7 Å². The molecule has 0 radical (unpaired) electrons. The maximum Gasteiger partial charge on any atom is 0.168 e. The molecule has 0 aromatic rings. The standard InChI is InChI=1S/C11H16F8O3S.C8H20N/c12-3-1-2-5(13)7(15)9(17)11(19)10(18)8(16)6(14)4-23(20,21)22;1-5-9(6-2,7-3)8-4/h5-11H,1-4H2,(H,20,21,22);5-8H2,1-4H3/q;+1/p-1. The predicted molar refractivity (Wildman–Crippen MR) is 106 cm³/mol. The van der Waals surface area contributed by atoms with Gasteiger partial charge in [0.1, 0.15) is 12.3 Å². The lowest BCUT2D eigenvalue weighted by Gasteiger charge is -2.34. The summed E-state index contributed by atoms with van der Waals surface area (Å²) in [7, 11) is -5.31. The van der Waals surface area contributed by atoms with Crippen LogP contribution in [-0.2, 0) is 10.1 Å². The molecular formula is C19H35F8NO3S. The average Bonchev–Trinajstić information content (AvgIpc) is 2.76. The fraction of sp³-hybridized carbons (Fsp3) is 1.00. The zero-order valence-corrected chi connectivity index (χ0v) is 19.6. The smallest absolute Gasteiger partial charge is 0.168 e. The number of halogens is 8. The fourth-order valence-electron chi connectivity index (χ4n) is 2.99. The Hall–Kier alpha value is -0.690. The Kier molecular flexibility index (Phi) is 16.8. The van der Waals surface area contributed by atoms with Crippen molar-refractivity contribution >= 4 is 10.1 Å². The molecule has 32 heavy (non-hydrogen) atoms. The SMILES string of the molecule is CC[N+](CC)(CC)CC.O=S(=O)([O-])CC(F)C(F)C(F)C(F)C(F)C(F)C(F)CCCF. The van der Waals surface area contributed by atoms with Gasteiger partial charge in [0, 0.05) is 0 Å². The monoisotopic (exact) mass is 509 g/mol. The van der Waals surface area contributed by atoms with Crippen LogP contribution in [0.1, 0.15) is 40.5 Å². The van der Waals surface area contributed by atoms with Gasteiger partial charge in [-0.3, -0.25) is 4.39 Å². The summed E-state index contributed by atoms with van der Waals surface area (Å²) < 4.78 is 136. The molecule has 0 spiro atoms. The van der Waals surface area contributed by atoms with Gasteiger partial charge in [-0.2, -0.15) is 0 Å². The van der Waals surface area contributed by atoms with Gasteiger partial charge in [-0.05, 0) is 40.5 Å². The highest BCUT2D eigenvalue weighted by molar-refractivity contribution is 7.85. The van der Waals surface area contributed by atoms with Crippen molar-refractivity contribution in [3.8, 4) is 0 Å². The van der Waals surface area contributed by atoms with Gasteiger partial charge < -0.3 is 9.04 Å². The Morgan fingerprint density at radius 2 is 1.03 bits per heavy atom. The first-order chi connectivity index (χ1) is 14.7. The topological polar surface area (TPSA) is 57.2 Å². The van der Waals surface area contributed by atoms with Crippen LogP contribution in [0, 0.1) is 0 Å². The molecule has 0 aliphatic rings. The lowest BCUT2D eigenvalue weighted by molar-refractivity contribution is -0.921. The summed E-state index contributed by atoms with van der Waals surface area (Å²) in [4.78, 5) is 0. The highest BCUT2D eigenvalue weighted by Crippen LogP contribution is 2.27. The molecule has 0 saturated heterocycles. The van der Waals surface area contributed by atoms with E-state index in [1.54, 1.807) is 0 Å². The molecule has 0 aromatic carbocycles. The second-order valence-electron chi connectivity index (χ2n) is 7.42. The van der Waals surface area contributed by atoms with Gasteiger partial charge >= 0.3 is 0 Å². The van der Waals surface area contributed by atoms with E-state index in [4.69, 9.17) is 0 Å². The van der Waals surface area contributed by atoms with Crippen molar-refractivity contribution in [3.05, 3.63) is 0 Å². The van der Waals surface area contributed by atoms with Crippen LogP contribution < -0.4 is 0 Å². The van der Waals surface area contributed by atoms with E-state index in [2.05, 4.69) is 27.7 Å². The first kappa shape index (κ1) is 33.5. The summed E-state index contributed by atoms with van der Waals surface area (Å²) in [5, 5.41) is 0. The van der Waals surface area contributed by atoms with Crippen LogP contribution in [0.5, 0.6) is 0 Å². The van der Waals surface area contributed by atoms with Gasteiger partial charge in [0.15, 0.2) is 30.9 Å². The molecule has 13 heteroatoms. The van der Waals surface area contributed by atoms with E-state index >= 15 is 0 Å². The zero-order chi connectivity index (χ0) is 25.7. The summed E-state index contributed by atoms with van der Waals surface area (Å²) in [5.41, 5.74) is 0. The average molecular weight is 510 g/mol. The van der Waals surface area contributed by atoms with E-state index in [0.29, 0.717) is 0 Å². The third-order valence-electron chi connectivity index (χ3n) is 5.57. The summed E-state index contributed by atoms with van der Waals surface area (Å²) in [5.74, 6) is -2.03. The Bertz CT molecular complexity index is 565. The van der Waals surface area contributed by atoms with Crippen LogP contribution in [0.2, 0.25) is 0 Å². The van der Waals surface area contributed by atoms with Gasteiger partial charge in [0.2, 0.25) is 0 Å². The lowest BCUT2D eigenvalue weighted by atomic mass is 9.98. The maximum absolute atomic E-state index is 13.3. The summed E-state index contributed by atoms with van der Waals surface area (Å²) >= 11 is 0. The number of hydrogen-bond acceptors (Lipinski definition) is 3. The Morgan fingerprint density at radius 1 is 0.688 bits per heavy atom. The van der Waals surface area contributed by atoms with E-state index in [0.717, 1.165) is 0 Å². The first-order valence-electron chi connectivity index (χ1n) is 10.5. The van der Waals surface area contributed by atoms with Crippen molar-refractivity contribution in [2.24, 2.45) is 0 Å². The minimum absolute atomic E-state index is 0.510. The van der Waals surface area contributed by atoms with E-state index in [1.165, 1.54) is 30.7 Å². The second kappa shape index (κ2) is 16.0. The largest absolute Gasteiger partial charge is 0.748 e. The number of hydrogen-bond donors (Lipinski definition) is 0. The van der Waals surface area contributed by atoms with Gasteiger partial charge in [-0.15, -0.1) is 0 Å². The predicted octanol–water partition coefficient (Wildman–Crippen LogP) is 4.53. The lowest BCUT2D eigenvalue weighted by Crippen LogP contribution is -2.47. The van der Waals surface area contributed by atoms with E-state index in [9.17, 15) is 48.1 Å². The minimum atomic E-state index is -5.31. The normalized spacial score (nSPS) is 19.2. The summed E-state index contributed by atoms with van der Waals surface area (Å²) in [6.07, 6.45) is -25.0. The molecular weight excluding hydrogens is 474 g/mol. The summed E-state index contributed by atoms with van der Waals surface area (Å²) in [6.45, 7) is 13.2. The molecule has 0 heterocycles. The van der Waals surface area contributed by atoms with E-state index in [-0.39, 0.29) is 0 Å². The molecule has 0 aliphatic heterocycles. The molecule has 0 bridgehead atoms. The molecule has 0 N–H and O–H groups in total. The van der Waals surface area contributed by atoms with E-state index in [1.807, 2.05) is 0 Å². The maximum atomic E-state index is 13.3. The van der Waals surface area contributed by atoms with Crippen LogP contribution in [-0.4, -0.2) is 99.3 Å². The molecule has 0 aliphatic carbocycles. The van der Waals surface area contributed by atoms with Crippen molar-refractivity contribution in [1.29, 1.82) is 0 Å². The van der Waals surface area contributed by atoms with Crippen LogP contribution in [0.15, 0.2) is 0 Å². The van der Waals surface area contributed by atoms with Crippen LogP contribution in [0.25, 0.3) is 0 Å². The van der Waals surface area contributed by atoms with Crippen molar-refractivity contribution in [2.45, 2.75) is 83.7 Å². The van der Waals surface area contributed by atoms with Gasteiger partial charge in [0.25, 0.3) is 0 Å². The quantitative estimate of drug-likeness (QED) is 0.185. The number of alkyl halides is 8. The molecule has 0 aromatic heterocycles. The molecule has 0 saturated carbocycles. The van der Waals surface area contributed by atoms with Crippen LogP contribution >= 0.6 is 0 Å². The molecule has 0 fully saturated rings. The fourth-order valence-corrected chi connectivity index (χ4v) is 3.56. The minimum Gasteiger partial charge on any atom is -0.748 e. The van der Waals surface area contributed by atoms with E-state index < -0.39 is 78.6 Å². The third kappa shape index (κ3) is 12.0. The number of rotatable bonds is 15. The molecule has 196 valence electrons. The Balaban J connectivity index is 0. The van der Waals surface area contributed by atoms with Crippen LogP contribution in [0.3, 0.4) is 0 Å². The molecule has 0 rings (SSSR count). The molecule has 4 nitrogen and oxygen atoms in total.